The maximum atomic E-state index is 15.1. The van der Waals surface area contributed by atoms with Crippen molar-refractivity contribution in [1.29, 1.82) is 0 Å². The molecule has 0 aliphatic rings. The molecule has 40 heavy (non-hydrogen) atoms. The predicted molar refractivity (Wildman–Crippen MR) is 138 cm³/mol. The molecular formula is C25H18Cl3F7N4O. The fourth-order valence-electron chi connectivity index (χ4n) is 3.47. The number of aromatic nitrogens is 2. The standard InChI is InChI=1S/C25H18Cl3F7N4O/c1-3-12-10-36-23(37-11-12)39(2)38-22(40)15-5-4-13(6-17(15)25(33,34)35)20(29)9-16(24(30,31)32)14-7-18(26)21(28)19(27)8-14/h4-11,16H,3H2,1-2H3,(H,38,40)/b20-9-. The van der Waals surface area contributed by atoms with E-state index in [1.807, 2.05) is 6.92 Å². The summed E-state index contributed by atoms with van der Waals surface area (Å²) >= 11 is 17.4. The summed E-state index contributed by atoms with van der Waals surface area (Å²) in [6.45, 7) is 1.86. The number of nitrogens with zero attached hydrogens (tertiary/aromatic N) is 3. The lowest BCUT2D eigenvalue weighted by Crippen LogP contribution is -2.41. The van der Waals surface area contributed by atoms with Crippen LogP contribution in [-0.2, 0) is 12.6 Å². The molecule has 1 amide bonds. The minimum Gasteiger partial charge on any atom is -0.267 e. The molecule has 0 saturated carbocycles. The van der Waals surface area contributed by atoms with Gasteiger partial charge in [0.05, 0.1) is 26.2 Å². The van der Waals surface area contributed by atoms with E-state index in [1.165, 1.54) is 19.4 Å². The van der Waals surface area contributed by atoms with Crippen molar-refractivity contribution < 1.29 is 35.5 Å². The van der Waals surface area contributed by atoms with Gasteiger partial charge in [0.25, 0.3) is 5.91 Å². The number of hydrazine groups is 1. The first-order chi connectivity index (χ1) is 18.5. The summed E-state index contributed by atoms with van der Waals surface area (Å²) in [5.74, 6) is -5.54. The van der Waals surface area contributed by atoms with E-state index in [2.05, 4.69) is 15.4 Å². The van der Waals surface area contributed by atoms with Crippen LogP contribution < -0.4 is 10.4 Å². The number of nitrogens with one attached hydrogen (secondary N) is 1. The molecule has 0 spiro atoms. The van der Waals surface area contributed by atoms with Gasteiger partial charge in [-0.2, -0.15) is 26.3 Å². The van der Waals surface area contributed by atoms with Crippen molar-refractivity contribution in [1.82, 2.24) is 15.4 Å². The average Bonchev–Trinajstić information content (AvgIpc) is 2.88. The van der Waals surface area contributed by atoms with Crippen LogP contribution in [0.5, 0.6) is 0 Å². The van der Waals surface area contributed by atoms with Crippen molar-refractivity contribution >= 4 is 52.5 Å². The van der Waals surface area contributed by atoms with Gasteiger partial charge in [0.2, 0.25) is 5.95 Å². The van der Waals surface area contributed by atoms with Gasteiger partial charge in [0.1, 0.15) is 11.7 Å². The molecule has 3 aromatic rings. The molecule has 0 saturated heterocycles. The predicted octanol–water partition coefficient (Wildman–Crippen LogP) is 8.46. The van der Waals surface area contributed by atoms with Gasteiger partial charge in [-0.15, -0.1) is 0 Å². The van der Waals surface area contributed by atoms with E-state index in [1.54, 1.807) is 0 Å². The molecule has 0 aliphatic carbocycles. The van der Waals surface area contributed by atoms with Gasteiger partial charge in [0, 0.05) is 25.0 Å². The number of alkyl halides is 6. The third kappa shape index (κ3) is 7.35. The van der Waals surface area contributed by atoms with E-state index < -0.39 is 52.3 Å². The minimum absolute atomic E-state index is 0.0229. The second-order valence-corrected chi connectivity index (χ2v) is 9.53. The van der Waals surface area contributed by atoms with Gasteiger partial charge in [-0.1, -0.05) is 47.8 Å². The van der Waals surface area contributed by atoms with Crippen LogP contribution in [0.15, 0.2) is 48.8 Å². The molecule has 0 fully saturated rings. The molecule has 1 heterocycles. The molecule has 2 aromatic carbocycles. The molecule has 214 valence electrons. The Labute approximate surface area is 238 Å². The second-order valence-electron chi connectivity index (χ2n) is 8.34. The Morgan fingerprint density at radius 2 is 1.60 bits per heavy atom. The summed E-state index contributed by atoms with van der Waals surface area (Å²) in [6.07, 6.45) is -6.59. The fraction of sp³-hybridized carbons (Fsp3) is 0.240. The number of allylic oxidation sites excluding steroid dienone is 1. The van der Waals surface area contributed by atoms with Gasteiger partial charge >= 0.3 is 12.4 Å². The molecular weight excluding hydrogens is 612 g/mol. The molecule has 0 bridgehead atoms. The highest BCUT2D eigenvalue weighted by atomic mass is 35.5. The van der Waals surface area contributed by atoms with E-state index in [0.717, 1.165) is 28.8 Å². The van der Waals surface area contributed by atoms with Gasteiger partial charge in [0.15, 0.2) is 0 Å². The highest BCUT2D eigenvalue weighted by Crippen LogP contribution is 2.42. The Morgan fingerprint density at radius 3 is 2.10 bits per heavy atom. The van der Waals surface area contributed by atoms with Crippen LogP contribution in [0.2, 0.25) is 15.1 Å². The van der Waals surface area contributed by atoms with Gasteiger partial charge in [-0.05, 0) is 47.9 Å². The number of carbonyl (C=O) groups is 1. The number of aryl methyl sites for hydroxylation is 1. The summed E-state index contributed by atoms with van der Waals surface area (Å²) in [7, 11) is 1.29. The second kappa shape index (κ2) is 12.2. The quantitative estimate of drug-likeness (QED) is 0.162. The number of carbonyl (C=O) groups excluding carboxylic acids is 1. The zero-order valence-electron chi connectivity index (χ0n) is 20.4. The first-order valence-corrected chi connectivity index (χ1v) is 12.3. The summed E-state index contributed by atoms with van der Waals surface area (Å²) < 4.78 is 98.1. The largest absolute Gasteiger partial charge is 0.417 e. The van der Waals surface area contributed by atoms with E-state index in [9.17, 15) is 31.1 Å². The highest BCUT2D eigenvalue weighted by molar-refractivity contribution is 6.48. The zero-order chi connectivity index (χ0) is 30.0. The van der Waals surface area contributed by atoms with E-state index in [4.69, 9.17) is 34.8 Å². The summed E-state index contributed by atoms with van der Waals surface area (Å²) in [5.41, 5.74) is -0.978. The maximum absolute atomic E-state index is 15.1. The molecule has 1 aromatic heterocycles. The molecule has 15 heteroatoms. The average molecular weight is 630 g/mol. The molecule has 0 aliphatic heterocycles. The zero-order valence-corrected chi connectivity index (χ0v) is 22.7. The smallest absolute Gasteiger partial charge is 0.267 e. The van der Waals surface area contributed by atoms with Crippen LogP contribution in [0.25, 0.3) is 5.83 Å². The number of hydrogen-bond donors (Lipinski definition) is 1. The normalized spacial score (nSPS) is 13.2. The van der Waals surface area contributed by atoms with Gasteiger partial charge < -0.3 is 0 Å². The first kappa shape index (κ1) is 31.4. The van der Waals surface area contributed by atoms with Crippen molar-refractivity contribution in [3.8, 4) is 0 Å². The van der Waals surface area contributed by atoms with Crippen molar-refractivity contribution in [2.24, 2.45) is 0 Å². The highest BCUT2D eigenvalue weighted by Gasteiger charge is 2.41. The summed E-state index contributed by atoms with van der Waals surface area (Å²) in [6, 6.07) is 3.28. The van der Waals surface area contributed by atoms with Crippen LogP contribution in [0, 0.1) is 0 Å². The Bertz CT molecular complexity index is 1400. The lowest BCUT2D eigenvalue weighted by atomic mass is 9.95. The Morgan fingerprint density at radius 1 is 1.02 bits per heavy atom. The number of rotatable bonds is 7. The van der Waals surface area contributed by atoms with Crippen molar-refractivity contribution in [3.63, 3.8) is 0 Å². The number of amides is 1. The monoisotopic (exact) mass is 628 g/mol. The van der Waals surface area contributed by atoms with Crippen LogP contribution in [0.4, 0.5) is 36.7 Å². The van der Waals surface area contributed by atoms with Gasteiger partial charge in [-0.25, -0.2) is 14.4 Å². The van der Waals surface area contributed by atoms with Crippen molar-refractivity contribution in [3.05, 3.63) is 91.7 Å². The molecule has 5 nitrogen and oxygen atoms in total. The Balaban J connectivity index is 1.98. The SMILES string of the molecule is CCc1cnc(N(C)NC(=O)c2ccc(/C(F)=C/C(c3cc(Cl)c(Cl)c(Cl)c3)C(F)(F)F)cc2C(F)(F)F)nc1. The molecule has 1 unspecified atom stereocenters. The number of anilines is 1. The molecule has 3 rings (SSSR count). The number of benzene rings is 2. The third-order valence-electron chi connectivity index (χ3n) is 5.55. The van der Waals surface area contributed by atoms with Crippen LogP contribution in [0.3, 0.4) is 0 Å². The maximum Gasteiger partial charge on any atom is 0.417 e. The topological polar surface area (TPSA) is 58.1 Å². The Kier molecular flexibility index (Phi) is 9.58. The van der Waals surface area contributed by atoms with Crippen molar-refractivity contribution in [2.75, 3.05) is 12.1 Å². The molecule has 0 radical (unpaired) electrons. The number of halogens is 10. The Hall–Kier alpha value is -3.09. The van der Waals surface area contributed by atoms with E-state index >= 15 is 4.39 Å². The van der Waals surface area contributed by atoms with E-state index in [-0.39, 0.29) is 33.2 Å². The van der Waals surface area contributed by atoms with Gasteiger partial charge in [-0.3, -0.25) is 15.2 Å². The fourth-order valence-corrected chi connectivity index (χ4v) is 4.08. The third-order valence-corrected chi connectivity index (χ3v) is 6.74. The first-order valence-electron chi connectivity index (χ1n) is 11.2. The minimum atomic E-state index is -5.17. The van der Waals surface area contributed by atoms with E-state index in [0.29, 0.717) is 12.5 Å². The lowest BCUT2D eigenvalue weighted by Gasteiger charge is -2.20. The molecule has 1 N–H and O–H groups in total. The lowest BCUT2D eigenvalue weighted by molar-refractivity contribution is -0.140. The van der Waals surface area contributed by atoms with Crippen molar-refractivity contribution in [2.45, 2.75) is 31.6 Å². The summed E-state index contributed by atoms with van der Waals surface area (Å²) in [5, 5.41) is 0.0840. The van der Waals surface area contributed by atoms with Crippen LogP contribution >= 0.6 is 34.8 Å². The number of hydrogen-bond acceptors (Lipinski definition) is 4. The molecule has 1 atom stereocenters. The van der Waals surface area contributed by atoms with Crippen LogP contribution in [0.1, 0.15) is 45.5 Å². The summed E-state index contributed by atoms with van der Waals surface area (Å²) in [4.78, 5) is 20.7. The van der Waals surface area contributed by atoms with Crippen LogP contribution in [-0.4, -0.2) is 29.1 Å².